The van der Waals surface area contributed by atoms with Crippen molar-refractivity contribution in [3.05, 3.63) is 17.3 Å². The van der Waals surface area contributed by atoms with Crippen LogP contribution in [0, 0.1) is 6.92 Å². The van der Waals surface area contributed by atoms with E-state index < -0.39 is 5.97 Å². The Labute approximate surface area is 106 Å². The molecule has 0 aliphatic rings. The number of hydrogen-bond donors (Lipinski definition) is 2. The molecule has 0 atom stereocenters. The molecule has 8 nitrogen and oxygen atoms in total. The Morgan fingerprint density at radius 3 is 3.00 bits per heavy atom. The predicted molar refractivity (Wildman–Crippen MR) is 64.2 cm³/mol. The van der Waals surface area contributed by atoms with Gasteiger partial charge in [-0.3, -0.25) is 0 Å². The zero-order valence-electron chi connectivity index (χ0n) is 9.76. The van der Waals surface area contributed by atoms with Crippen molar-refractivity contribution in [1.82, 2.24) is 14.5 Å². The number of aromatic nitrogens is 3. The Balaban J connectivity index is 2.12. The van der Waals surface area contributed by atoms with Crippen LogP contribution in [-0.2, 0) is 11.3 Å². The molecule has 0 unspecified atom stereocenters. The Kier molecular flexibility index (Phi) is 3.42. The van der Waals surface area contributed by atoms with E-state index >= 15 is 0 Å². The van der Waals surface area contributed by atoms with Crippen LogP contribution in [0.2, 0.25) is 0 Å². The van der Waals surface area contributed by atoms with E-state index in [9.17, 15) is 4.79 Å². The van der Waals surface area contributed by atoms with Crippen LogP contribution >= 0.6 is 11.5 Å². The number of esters is 1. The molecule has 3 N–H and O–H groups in total. The molecule has 0 fully saturated rings. The van der Waals surface area contributed by atoms with Crippen molar-refractivity contribution < 1.29 is 14.1 Å². The standard InChI is InChI=1S/C9H11N5O3S/c1-4-12-5(17-13-4)3-11-8-6(9(15)16-2)7(10)14-18-8/h11H,3H2,1-2H3,(H2,10,14). The van der Waals surface area contributed by atoms with E-state index in [1.165, 1.54) is 7.11 Å². The number of carbonyl (C=O) groups excluding carboxylic acids is 1. The summed E-state index contributed by atoms with van der Waals surface area (Å²) in [4.78, 5) is 15.5. The number of nitrogens with one attached hydrogen (secondary N) is 1. The topological polar surface area (TPSA) is 116 Å². The lowest BCUT2D eigenvalue weighted by molar-refractivity contribution is 0.0603. The first-order valence-corrected chi connectivity index (χ1v) is 5.75. The number of aryl methyl sites for hydroxylation is 1. The molecular formula is C9H11N5O3S. The van der Waals surface area contributed by atoms with Crippen LogP contribution in [0.15, 0.2) is 4.52 Å². The van der Waals surface area contributed by atoms with E-state index in [4.69, 9.17) is 10.3 Å². The summed E-state index contributed by atoms with van der Waals surface area (Å²) < 4.78 is 13.5. The highest BCUT2D eigenvalue weighted by Crippen LogP contribution is 2.27. The molecule has 2 aromatic rings. The fourth-order valence-corrected chi connectivity index (χ4v) is 1.99. The maximum atomic E-state index is 11.5. The minimum atomic E-state index is -0.537. The first kappa shape index (κ1) is 12.3. The molecule has 2 heterocycles. The highest BCUT2D eigenvalue weighted by Gasteiger charge is 2.20. The lowest BCUT2D eigenvalue weighted by atomic mass is 10.3. The van der Waals surface area contributed by atoms with E-state index in [1.54, 1.807) is 6.92 Å². The van der Waals surface area contributed by atoms with Crippen LogP contribution in [0.25, 0.3) is 0 Å². The van der Waals surface area contributed by atoms with Gasteiger partial charge in [0, 0.05) is 0 Å². The van der Waals surface area contributed by atoms with Crippen molar-refractivity contribution in [3.8, 4) is 0 Å². The molecule has 0 aliphatic heterocycles. The zero-order valence-corrected chi connectivity index (χ0v) is 10.6. The molecule has 0 saturated carbocycles. The van der Waals surface area contributed by atoms with Crippen molar-refractivity contribution in [2.75, 3.05) is 18.2 Å². The third kappa shape index (κ3) is 2.40. The van der Waals surface area contributed by atoms with E-state index in [2.05, 4.69) is 24.6 Å². The lowest BCUT2D eigenvalue weighted by Crippen LogP contribution is -2.08. The SMILES string of the molecule is COC(=O)c1c(N)nsc1NCc1nc(C)no1. The summed E-state index contributed by atoms with van der Waals surface area (Å²) in [5.41, 5.74) is 5.82. The van der Waals surface area contributed by atoms with Gasteiger partial charge in [-0.25, -0.2) is 4.79 Å². The van der Waals surface area contributed by atoms with Gasteiger partial charge in [0.25, 0.3) is 0 Å². The Morgan fingerprint density at radius 2 is 2.39 bits per heavy atom. The molecule has 0 aromatic carbocycles. The largest absolute Gasteiger partial charge is 0.465 e. The highest BCUT2D eigenvalue weighted by atomic mass is 32.1. The van der Waals surface area contributed by atoms with Gasteiger partial charge in [-0.1, -0.05) is 5.16 Å². The Morgan fingerprint density at radius 1 is 1.61 bits per heavy atom. The van der Waals surface area contributed by atoms with Gasteiger partial charge < -0.3 is 20.3 Å². The average molecular weight is 269 g/mol. The van der Waals surface area contributed by atoms with Crippen LogP contribution < -0.4 is 11.1 Å². The van der Waals surface area contributed by atoms with Gasteiger partial charge in [-0.05, 0) is 18.5 Å². The van der Waals surface area contributed by atoms with Gasteiger partial charge in [0.2, 0.25) is 5.89 Å². The zero-order chi connectivity index (χ0) is 13.1. The minimum Gasteiger partial charge on any atom is -0.465 e. The molecule has 0 spiro atoms. The first-order chi connectivity index (χ1) is 8.61. The number of carbonyl (C=O) groups is 1. The maximum absolute atomic E-state index is 11.5. The summed E-state index contributed by atoms with van der Waals surface area (Å²) in [6, 6.07) is 0. The summed E-state index contributed by atoms with van der Waals surface area (Å²) in [7, 11) is 1.28. The minimum absolute atomic E-state index is 0.135. The van der Waals surface area contributed by atoms with Crippen LogP contribution in [0.5, 0.6) is 0 Å². The highest BCUT2D eigenvalue weighted by molar-refractivity contribution is 7.11. The van der Waals surface area contributed by atoms with Crippen LogP contribution in [0.3, 0.4) is 0 Å². The van der Waals surface area contributed by atoms with Crippen LogP contribution in [0.1, 0.15) is 22.1 Å². The van der Waals surface area contributed by atoms with Crippen molar-refractivity contribution in [2.24, 2.45) is 0 Å². The Hall–Kier alpha value is -2.16. The summed E-state index contributed by atoms with van der Waals surface area (Å²) >= 11 is 1.07. The van der Waals surface area contributed by atoms with E-state index in [1.807, 2.05) is 0 Å². The summed E-state index contributed by atoms with van der Waals surface area (Å²) in [6.07, 6.45) is 0. The van der Waals surface area contributed by atoms with Crippen LogP contribution in [0.4, 0.5) is 10.8 Å². The third-order valence-electron chi connectivity index (χ3n) is 2.08. The van der Waals surface area contributed by atoms with Crippen molar-refractivity contribution in [2.45, 2.75) is 13.5 Å². The van der Waals surface area contributed by atoms with Gasteiger partial charge in [0.15, 0.2) is 11.6 Å². The third-order valence-corrected chi connectivity index (χ3v) is 2.90. The fourth-order valence-electron chi connectivity index (χ4n) is 1.29. The van der Waals surface area contributed by atoms with Crippen molar-refractivity contribution in [3.63, 3.8) is 0 Å². The summed E-state index contributed by atoms with van der Waals surface area (Å²) in [5.74, 6) is 0.556. The summed E-state index contributed by atoms with van der Waals surface area (Å²) in [6.45, 7) is 2.00. The second-order valence-electron chi connectivity index (χ2n) is 3.35. The van der Waals surface area contributed by atoms with Gasteiger partial charge in [0.05, 0.1) is 13.7 Å². The molecule has 9 heteroatoms. The molecule has 0 aliphatic carbocycles. The number of nitrogens with zero attached hydrogens (tertiary/aromatic N) is 3. The molecule has 2 rings (SSSR count). The number of hydrogen-bond acceptors (Lipinski definition) is 9. The van der Waals surface area contributed by atoms with Gasteiger partial charge >= 0.3 is 5.97 Å². The van der Waals surface area contributed by atoms with Crippen molar-refractivity contribution >= 4 is 28.3 Å². The van der Waals surface area contributed by atoms with Crippen LogP contribution in [-0.4, -0.2) is 27.6 Å². The fraction of sp³-hybridized carbons (Fsp3) is 0.333. The van der Waals surface area contributed by atoms with Gasteiger partial charge in [-0.2, -0.15) is 9.36 Å². The average Bonchev–Trinajstić information content (AvgIpc) is 2.92. The molecule has 0 bridgehead atoms. The van der Waals surface area contributed by atoms with Crippen molar-refractivity contribution in [1.29, 1.82) is 0 Å². The van der Waals surface area contributed by atoms with E-state index in [0.29, 0.717) is 16.7 Å². The maximum Gasteiger partial charge on any atom is 0.344 e. The lowest BCUT2D eigenvalue weighted by Gasteiger charge is -2.02. The van der Waals surface area contributed by atoms with Gasteiger partial charge in [-0.15, -0.1) is 0 Å². The second-order valence-corrected chi connectivity index (χ2v) is 4.13. The predicted octanol–water partition coefficient (Wildman–Crippen LogP) is 0.815. The molecule has 2 aromatic heterocycles. The smallest absolute Gasteiger partial charge is 0.344 e. The number of rotatable bonds is 4. The number of nitrogen functional groups attached to an aromatic ring is 1. The molecule has 0 amide bonds. The number of anilines is 2. The number of nitrogens with two attached hydrogens (primary N) is 1. The Bertz CT molecular complexity index is 564. The normalized spacial score (nSPS) is 10.3. The summed E-state index contributed by atoms with van der Waals surface area (Å²) in [5, 5.41) is 7.12. The molecule has 96 valence electrons. The monoisotopic (exact) mass is 269 g/mol. The second kappa shape index (κ2) is 5.00. The van der Waals surface area contributed by atoms with E-state index in [-0.39, 0.29) is 17.9 Å². The number of ether oxygens (including phenoxy) is 1. The van der Waals surface area contributed by atoms with E-state index in [0.717, 1.165) is 11.5 Å². The molecular weight excluding hydrogens is 258 g/mol. The number of methoxy groups -OCH3 is 1. The molecule has 0 saturated heterocycles. The molecule has 0 radical (unpaired) electrons. The quantitative estimate of drug-likeness (QED) is 0.783. The van der Waals surface area contributed by atoms with Gasteiger partial charge in [0.1, 0.15) is 10.6 Å². The first-order valence-electron chi connectivity index (χ1n) is 4.98. The molecule has 18 heavy (non-hydrogen) atoms.